The van der Waals surface area contributed by atoms with Gasteiger partial charge in [-0.25, -0.2) is 0 Å². The number of anilines is 1. The van der Waals surface area contributed by atoms with E-state index < -0.39 is 5.25 Å². The molecule has 0 bridgehead atoms. The number of nitrogens with zero attached hydrogens (tertiary/aromatic N) is 4. The molecule has 1 amide bonds. The highest BCUT2D eigenvalue weighted by atomic mass is 32.2. The van der Waals surface area contributed by atoms with Crippen LogP contribution in [0.15, 0.2) is 71.1 Å². The average Bonchev–Trinajstić information content (AvgIpc) is 3.20. The second kappa shape index (κ2) is 8.65. The number of rotatable bonds is 7. The van der Waals surface area contributed by atoms with E-state index in [1.165, 1.54) is 16.3 Å². The number of hydrogen-bond acceptors (Lipinski definition) is 6. The van der Waals surface area contributed by atoms with Crippen LogP contribution >= 0.6 is 11.8 Å². The van der Waals surface area contributed by atoms with Gasteiger partial charge in [0.1, 0.15) is 5.75 Å². The molecule has 1 N–H and O–H groups in total. The van der Waals surface area contributed by atoms with Crippen LogP contribution in [0.3, 0.4) is 0 Å². The molecular formula is C22H21N5O3S. The van der Waals surface area contributed by atoms with Crippen LogP contribution in [0, 0.1) is 0 Å². The van der Waals surface area contributed by atoms with Crippen molar-refractivity contribution in [1.82, 2.24) is 19.2 Å². The standard InChI is InChI=1S/C22H21N5O3S/c1-4-13-26-20(29)17-7-5-6-8-18(17)27-21(26)24-25-22(27)31-14(2)19(28)23-15-9-11-16(30-3)12-10-15/h4-12,14H,1,13H2,2-3H3,(H,23,28). The summed E-state index contributed by atoms with van der Waals surface area (Å²) < 4.78 is 8.47. The molecule has 0 saturated heterocycles. The lowest BCUT2D eigenvalue weighted by molar-refractivity contribution is -0.115. The molecule has 0 spiro atoms. The van der Waals surface area contributed by atoms with Crippen molar-refractivity contribution in [2.45, 2.75) is 23.9 Å². The molecular weight excluding hydrogens is 414 g/mol. The van der Waals surface area contributed by atoms with Gasteiger partial charge in [-0.3, -0.25) is 18.6 Å². The van der Waals surface area contributed by atoms with Crippen molar-refractivity contribution in [3.05, 3.63) is 71.5 Å². The maximum Gasteiger partial charge on any atom is 0.263 e. The number of thioether (sulfide) groups is 1. The zero-order valence-electron chi connectivity index (χ0n) is 17.1. The normalized spacial score (nSPS) is 12.1. The molecule has 0 saturated carbocycles. The fourth-order valence-electron chi connectivity index (χ4n) is 3.23. The zero-order valence-corrected chi connectivity index (χ0v) is 17.9. The van der Waals surface area contributed by atoms with E-state index in [-0.39, 0.29) is 11.5 Å². The monoisotopic (exact) mass is 435 g/mol. The van der Waals surface area contributed by atoms with Crippen LogP contribution in [0.2, 0.25) is 0 Å². The summed E-state index contributed by atoms with van der Waals surface area (Å²) in [5.41, 5.74) is 1.21. The van der Waals surface area contributed by atoms with Gasteiger partial charge in [0.15, 0.2) is 5.16 Å². The van der Waals surface area contributed by atoms with Gasteiger partial charge in [0.2, 0.25) is 11.7 Å². The van der Waals surface area contributed by atoms with Crippen LogP contribution in [0.4, 0.5) is 5.69 Å². The van der Waals surface area contributed by atoms with E-state index in [1.54, 1.807) is 50.4 Å². The van der Waals surface area contributed by atoms with E-state index in [2.05, 4.69) is 22.1 Å². The molecule has 8 nitrogen and oxygen atoms in total. The summed E-state index contributed by atoms with van der Waals surface area (Å²) in [4.78, 5) is 25.6. The van der Waals surface area contributed by atoms with Crippen molar-refractivity contribution < 1.29 is 9.53 Å². The Bertz CT molecular complexity index is 1330. The Kier molecular flexibility index (Phi) is 5.77. The molecule has 4 rings (SSSR count). The largest absolute Gasteiger partial charge is 0.497 e. The smallest absolute Gasteiger partial charge is 0.263 e. The molecule has 31 heavy (non-hydrogen) atoms. The first kappa shape index (κ1) is 20.7. The quantitative estimate of drug-likeness (QED) is 0.354. The van der Waals surface area contributed by atoms with Crippen LogP contribution in [0.25, 0.3) is 16.7 Å². The molecule has 4 aromatic rings. The maximum atomic E-state index is 12.9. The predicted octanol–water partition coefficient (Wildman–Crippen LogP) is 3.36. The molecule has 0 aliphatic carbocycles. The van der Waals surface area contributed by atoms with E-state index in [4.69, 9.17) is 4.74 Å². The van der Waals surface area contributed by atoms with Crippen LogP contribution in [0.5, 0.6) is 5.75 Å². The Hall–Kier alpha value is -3.59. The Labute approximate surface area is 182 Å². The highest BCUT2D eigenvalue weighted by molar-refractivity contribution is 8.00. The van der Waals surface area contributed by atoms with Crippen LogP contribution in [-0.2, 0) is 11.3 Å². The zero-order chi connectivity index (χ0) is 22.0. The number of aromatic nitrogens is 4. The third kappa shape index (κ3) is 3.91. The summed E-state index contributed by atoms with van der Waals surface area (Å²) in [5, 5.41) is 12.0. The van der Waals surface area contributed by atoms with Gasteiger partial charge in [-0.05, 0) is 43.3 Å². The lowest BCUT2D eigenvalue weighted by atomic mass is 10.2. The van der Waals surface area contributed by atoms with Gasteiger partial charge in [-0.15, -0.1) is 16.8 Å². The highest BCUT2D eigenvalue weighted by Gasteiger charge is 2.21. The molecule has 1 atom stereocenters. The van der Waals surface area contributed by atoms with Gasteiger partial charge < -0.3 is 10.1 Å². The minimum atomic E-state index is -0.451. The molecule has 9 heteroatoms. The number of para-hydroxylation sites is 1. The van der Waals surface area contributed by atoms with Crippen molar-refractivity contribution >= 4 is 40.0 Å². The SMILES string of the molecule is C=CCn1c(=O)c2ccccc2n2c(SC(C)C(=O)Nc3ccc(OC)cc3)nnc12. The van der Waals surface area contributed by atoms with E-state index >= 15 is 0 Å². The van der Waals surface area contributed by atoms with Gasteiger partial charge in [-0.2, -0.15) is 0 Å². The fourth-order valence-corrected chi connectivity index (χ4v) is 4.09. The van der Waals surface area contributed by atoms with Crippen molar-refractivity contribution in [1.29, 1.82) is 0 Å². The molecule has 0 aliphatic heterocycles. The molecule has 158 valence electrons. The number of benzene rings is 2. The van der Waals surface area contributed by atoms with Gasteiger partial charge in [-0.1, -0.05) is 30.0 Å². The Morgan fingerprint density at radius 3 is 2.68 bits per heavy atom. The van der Waals surface area contributed by atoms with E-state index in [0.29, 0.717) is 39.8 Å². The van der Waals surface area contributed by atoms with E-state index in [0.717, 1.165) is 0 Å². The van der Waals surface area contributed by atoms with E-state index in [9.17, 15) is 9.59 Å². The lowest BCUT2D eigenvalue weighted by Gasteiger charge is -2.13. The first-order valence-corrected chi connectivity index (χ1v) is 10.5. The second-order valence-corrected chi connectivity index (χ2v) is 8.13. The average molecular weight is 436 g/mol. The summed E-state index contributed by atoms with van der Waals surface area (Å²) in [7, 11) is 1.59. The number of amides is 1. The number of carbonyl (C=O) groups excluding carboxylic acids is 1. The van der Waals surface area contributed by atoms with Gasteiger partial charge in [0.05, 0.1) is 23.3 Å². The Balaban J connectivity index is 1.67. The highest BCUT2D eigenvalue weighted by Crippen LogP contribution is 2.26. The summed E-state index contributed by atoms with van der Waals surface area (Å²) in [5.74, 6) is 0.956. The fraction of sp³-hybridized carbons (Fsp3) is 0.182. The van der Waals surface area contributed by atoms with Crippen molar-refractivity contribution in [3.63, 3.8) is 0 Å². The topological polar surface area (TPSA) is 90.5 Å². The van der Waals surface area contributed by atoms with Crippen LogP contribution < -0.4 is 15.6 Å². The number of ether oxygens (including phenoxy) is 1. The number of allylic oxidation sites excluding steroid dienone is 1. The van der Waals surface area contributed by atoms with Crippen LogP contribution in [-0.4, -0.2) is 37.4 Å². The van der Waals surface area contributed by atoms with Crippen molar-refractivity contribution in [3.8, 4) is 5.75 Å². The Morgan fingerprint density at radius 1 is 1.23 bits per heavy atom. The number of nitrogens with one attached hydrogen (secondary N) is 1. The molecule has 2 aromatic heterocycles. The minimum Gasteiger partial charge on any atom is -0.497 e. The maximum absolute atomic E-state index is 12.9. The number of hydrogen-bond donors (Lipinski definition) is 1. The van der Waals surface area contributed by atoms with Crippen molar-refractivity contribution in [2.75, 3.05) is 12.4 Å². The predicted molar refractivity (Wildman–Crippen MR) is 122 cm³/mol. The van der Waals surface area contributed by atoms with Gasteiger partial charge >= 0.3 is 0 Å². The molecule has 0 aliphatic rings. The Morgan fingerprint density at radius 2 is 1.97 bits per heavy atom. The van der Waals surface area contributed by atoms with Crippen molar-refractivity contribution in [2.24, 2.45) is 0 Å². The molecule has 2 aromatic carbocycles. The third-order valence-corrected chi connectivity index (χ3v) is 5.84. The first-order chi connectivity index (χ1) is 15.0. The van der Waals surface area contributed by atoms with Crippen LogP contribution in [0.1, 0.15) is 6.92 Å². The number of carbonyl (C=O) groups is 1. The number of fused-ring (bicyclic) bond motifs is 3. The minimum absolute atomic E-state index is 0.155. The lowest BCUT2D eigenvalue weighted by Crippen LogP contribution is -2.24. The molecule has 1 unspecified atom stereocenters. The summed E-state index contributed by atoms with van der Waals surface area (Å²) in [6.45, 7) is 5.84. The molecule has 0 fully saturated rings. The summed E-state index contributed by atoms with van der Waals surface area (Å²) in [6, 6.07) is 14.4. The van der Waals surface area contributed by atoms with Gasteiger partial charge in [0.25, 0.3) is 5.56 Å². The first-order valence-electron chi connectivity index (χ1n) is 9.62. The molecule has 0 radical (unpaired) electrons. The third-order valence-electron chi connectivity index (χ3n) is 4.80. The second-order valence-electron chi connectivity index (χ2n) is 6.82. The number of methoxy groups -OCH3 is 1. The van der Waals surface area contributed by atoms with Gasteiger partial charge in [0, 0.05) is 12.2 Å². The molecule has 2 heterocycles. The summed E-state index contributed by atoms with van der Waals surface area (Å²) in [6.07, 6.45) is 1.64. The van der Waals surface area contributed by atoms with E-state index in [1.807, 2.05) is 22.6 Å². The summed E-state index contributed by atoms with van der Waals surface area (Å²) >= 11 is 1.27.